The highest BCUT2D eigenvalue weighted by atomic mass is 16.5. The molecule has 0 amide bonds. The van der Waals surface area contributed by atoms with Gasteiger partial charge in [0.2, 0.25) is 0 Å². The predicted octanol–water partition coefficient (Wildman–Crippen LogP) is 0.572. The summed E-state index contributed by atoms with van der Waals surface area (Å²) >= 11 is 0. The van der Waals surface area contributed by atoms with E-state index in [0.29, 0.717) is 5.56 Å². The quantitative estimate of drug-likeness (QED) is 0.736. The van der Waals surface area contributed by atoms with Crippen molar-refractivity contribution in [2.45, 2.75) is 5.54 Å². The third-order valence-electron chi connectivity index (χ3n) is 2.04. The zero-order chi connectivity index (χ0) is 10.6. The van der Waals surface area contributed by atoms with Crippen LogP contribution in [0.5, 0.6) is 0 Å². The molecule has 4 nitrogen and oxygen atoms in total. The van der Waals surface area contributed by atoms with Crippen molar-refractivity contribution in [2.75, 3.05) is 13.7 Å². The number of carboxylic acids is 1. The number of hydrogen-bond acceptors (Lipinski definition) is 3. The van der Waals surface area contributed by atoms with Gasteiger partial charge in [-0.1, -0.05) is 30.3 Å². The van der Waals surface area contributed by atoms with Gasteiger partial charge in [0.05, 0.1) is 6.61 Å². The smallest absolute Gasteiger partial charge is 0.330 e. The lowest BCUT2D eigenvalue weighted by Crippen LogP contribution is -2.48. The monoisotopic (exact) mass is 195 g/mol. The predicted molar refractivity (Wildman–Crippen MR) is 51.8 cm³/mol. The summed E-state index contributed by atoms with van der Waals surface area (Å²) in [6.07, 6.45) is 0. The summed E-state index contributed by atoms with van der Waals surface area (Å²) in [5.74, 6) is -1.09. The van der Waals surface area contributed by atoms with E-state index in [0.717, 1.165) is 0 Å². The molecule has 0 fully saturated rings. The lowest BCUT2D eigenvalue weighted by molar-refractivity contribution is -0.145. The van der Waals surface area contributed by atoms with E-state index in [9.17, 15) is 4.79 Å². The van der Waals surface area contributed by atoms with Crippen molar-refractivity contribution >= 4 is 5.97 Å². The van der Waals surface area contributed by atoms with Crippen LogP contribution in [-0.2, 0) is 15.1 Å². The minimum atomic E-state index is -1.46. The number of benzene rings is 1. The van der Waals surface area contributed by atoms with Crippen LogP contribution >= 0.6 is 0 Å². The van der Waals surface area contributed by atoms with Gasteiger partial charge in [-0.3, -0.25) is 0 Å². The summed E-state index contributed by atoms with van der Waals surface area (Å²) in [5.41, 5.74) is 4.82. The Hall–Kier alpha value is -1.39. The molecule has 0 aliphatic carbocycles. The Bertz CT molecular complexity index is 312. The van der Waals surface area contributed by atoms with Crippen molar-refractivity contribution in [2.24, 2.45) is 5.73 Å². The first-order chi connectivity index (χ1) is 6.61. The van der Waals surface area contributed by atoms with Gasteiger partial charge < -0.3 is 15.6 Å². The molecule has 0 saturated heterocycles. The molecule has 0 aliphatic heterocycles. The van der Waals surface area contributed by atoms with Crippen molar-refractivity contribution in [3.8, 4) is 0 Å². The number of carbonyl (C=O) groups is 1. The van der Waals surface area contributed by atoms with E-state index in [1.54, 1.807) is 30.3 Å². The molecule has 1 aromatic rings. The minimum absolute atomic E-state index is 0.0493. The molecule has 0 aromatic heterocycles. The highest BCUT2D eigenvalue weighted by Crippen LogP contribution is 2.18. The number of aliphatic carboxylic acids is 1. The number of methoxy groups -OCH3 is 1. The normalized spacial score (nSPS) is 14.7. The Labute approximate surface area is 82.3 Å². The number of nitrogens with two attached hydrogens (primary N) is 1. The minimum Gasteiger partial charge on any atom is -0.480 e. The highest BCUT2D eigenvalue weighted by Gasteiger charge is 2.35. The van der Waals surface area contributed by atoms with E-state index in [1.165, 1.54) is 7.11 Å². The van der Waals surface area contributed by atoms with Gasteiger partial charge in [0.15, 0.2) is 5.54 Å². The molecule has 1 aromatic carbocycles. The first-order valence-corrected chi connectivity index (χ1v) is 4.18. The van der Waals surface area contributed by atoms with Crippen LogP contribution in [-0.4, -0.2) is 24.8 Å². The molecule has 76 valence electrons. The fourth-order valence-corrected chi connectivity index (χ4v) is 1.23. The fourth-order valence-electron chi connectivity index (χ4n) is 1.23. The average molecular weight is 195 g/mol. The van der Waals surface area contributed by atoms with Crippen molar-refractivity contribution < 1.29 is 14.6 Å². The third-order valence-corrected chi connectivity index (χ3v) is 2.04. The molecular formula is C10H13NO3. The standard InChI is InChI=1S/C10H13NO3/c1-14-7-10(11,9(12)13)8-5-3-2-4-6-8/h2-6H,7,11H2,1H3,(H,12,13)/t10-/m1/s1. The van der Waals surface area contributed by atoms with E-state index in [-0.39, 0.29) is 6.61 Å². The van der Waals surface area contributed by atoms with Crippen LogP contribution in [0, 0.1) is 0 Å². The van der Waals surface area contributed by atoms with Crippen LogP contribution in [0.25, 0.3) is 0 Å². The molecule has 3 N–H and O–H groups in total. The highest BCUT2D eigenvalue weighted by molar-refractivity contribution is 5.80. The lowest BCUT2D eigenvalue weighted by Gasteiger charge is -2.23. The summed E-state index contributed by atoms with van der Waals surface area (Å²) in [6, 6.07) is 8.64. The number of rotatable bonds is 4. The maximum absolute atomic E-state index is 11.0. The van der Waals surface area contributed by atoms with Crippen LogP contribution < -0.4 is 5.73 Å². The van der Waals surface area contributed by atoms with Crippen LogP contribution in [0.4, 0.5) is 0 Å². The summed E-state index contributed by atoms with van der Waals surface area (Å²) in [4.78, 5) is 11.0. The summed E-state index contributed by atoms with van der Waals surface area (Å²) in [7, 11) is 1.42. The largest absolute Gasteiger partial charge is 0.480 e. The Kier molecular flexibility index (Phi) is 3.22. The van der Waals surface area contributed by atoms with Gasteiger partial charge in [-0.2, -0.15) is 0 Å². The van der Waals surface area contributed by atoms with E-state index < -0.39 is 11.5 Å². The van der Waals surface area contributed by atoms with E-state index >= 15 is 0 Å². The molecule has 1 rings (SSSR count). The molecule has 0 bridgehead atoms. The van der Waals surface area contributed by atoms with Gasteiger partial charge in [-0.15, -0.1) is 0 Å². The lowest BCUT2D eigenvalue weighted by atomic mass is 9.92. The van der Waals surface area contributed by atoms with E-state index in [1.807, 2.05) is 0 Å². The molecule has 4 heteroatoms. The first-order valence-electron chi connectivity index (χ1n) is 4.18. The van der Waals surface area contributed by atoms with Gasteiger partial charge in [0, 0.05) is 7.11 Å². The zero-order valence-electron chi connectivity index (χ0n) is 7.93. The van der Waals surface area contributed by atoms with Gasteiger partial charge >= 0.3 is 5.97 Å². The molecule has 0 aliphatic rings. The topological polar surface area (TPSA) is 72.5 Å². The van der Waals surface area contributed by atoms with Gasteiger partial charge in [0.25, 0.3) is 0 Å². The van der Waals surface area contributed by atoms with Gasteiger partial charge in [-0.05, 0) is 5.56 Å². The number of ether oxygens (including phenoxy) is 1. The second-order valence-electron chi connectivity index (χ2n) is 3.08. The first kappa shape index (κ1) is 10.7. The maximum Gasteiger partial charge on any atom is 0.330 e. The molecule has 0 radical (unpaired) electrons. The van der Waals surface area contributed by atoms with E-state index in [4.69, 9.17) is 15.6 Å². The zero-order valence-corrected chi connectivity index (χ0v) is 7.93. The van der Waals surface area contributed by atoms with Crippen LogP contribution in [0.1, 0.15) is 5.56 Å². The number of hydrogen-bond donors (Lipinski definition) is 2. The fraction of sp³-hybridized carbons (Fsp3) is 0.300. The van der Waals surface area contributed by atoms with Crippen molar-refractivity contribution in [3.63, 3.8) is 0 Å². The van der Waals surface area contributed by atoms with Crippen molar-refractivity contribution in [1.29, 1.82) is 0 Å². The Morgan fingerprint density at radius 2 is 2.07 bits per heavy atom. The van der Waals surface area contributed by atoms with Crippen molar-refractivity contribution in [1.82, 2.24) is 0 Å². The summed E-state index contributed by atoms with van der Waals surface area (Å²) in [6.45, 7) is -0.0493. The molecule has 0 unspecified atom stereocenters. The molecule has 0 saturated carbocycles. The Balaban J connectivity index is 3.06. The Morgan fingerprint density at radius 3 is 2.50 bits per heavy atom. The third kappa shape index (κ3) is 1.92. The molecule has 14 heavy (non-hydrogen) atoms. The second kappa shape index (κ2) is 4.21. The second-order valence-corrected chi connectivity index (χ2v) is 3.08. The summed E-state index contributed by atoms with van der Waals surface area (Å²) < 4.78 is 4.82. The van der Waals surface area contributed by atoms with Crippen LogP contribution in [0.3, 0.4) is 0 Å². The van der Waals surface area contributed by atoms with E-state index in [2.05, 4.69) is 0 Å². The SMILES string of the molecule is COC[C@](N)(C(=O)O)c1ccccc1. The molecule has 0 spiro atoms. The van der Waals surface area contributed by atoms with Crippen LogP contribution in [0.15, 0.2) is 30.3 Å². The van der Waals surface area contributed by atoms with Crippen molar-refractivity contribution in [3.05, 3.63) is 35.9 Å². The average Bonchev–Trinajstić information content (AvgIpc) is 2.19. The summed E-state index contributed by atoms with van der Waals surface area (Å²) in [5, 5.41) is 9.01. The van der Waals surface area contributed by atoms with Gasteiger partial charge in [0.1, 0.15) is 0 Å². The molecule has 0 heterocycles. The molecule has 1 atom stereocenters. The Morgan fingerprint density at radius 1 is 1.50 bits per heavy atom. The van der Waals surface area contributed by atoms with Gasteiger partial charge in [-0.25, -0.2) is 4.79 Å². The number of carboxylic acid groups (broad SMARTS) is 1. The molecular weight excluding hydrogens is 182 g/mol. The maximum atomic E-state index is 11.0. The van der Waals surface area contributed by atoms with Crippen LogP contribution in [0.2, 0.25) is 0 Å².